The van der Waals surface area contributed by atoms with Crippen molar-refractivity contribution in [3.63, 3.8) is 0 Å². The summed E-state index contributed by atoms with van der Waals surface area (Å²) < 4.78 is 0. The minimum Gasteiger partial charge on any atom is -0.384 e. The molecule has 20 heavy (non-hydrogen) atoms. The van der Waals surface area contributed by atoms with Crippen molar-refractivity contribution < 1.29 is 5.11 Å². The van der Waals surface area contributed by atoms with Crippen LogP contribution in [0.4, 0.5) is 0 Å². The van der Waals surface area contributed by atoms with E-state index in [0.717, 1.165) is 25.7 Å². The number of hydrogen-bond donors (Lipinski definition) is 1. The first-order valence-corrected chi connectivity index (χ1v) is 8.22. The van der Waals surface area contributed by atoms with Crippen molar-refractivity contribution in [2.45, 2.75) is 71.3 Å². The number of rotatable bonds is 8. The van der Waals surface area contributed by atoms with Gasteiger partial charge < -0.3 is 5.11 Å². The van der Waals surface area contributed by atoms with Crippen LogP contribution in [0.15, 0.2) is 46.6 Å². The standard InChI is InChI=1S/C19H28O/c1-3-5-9-15-11-7-13-17(15)19(20)18-14-8-12-16(18)10-6-4-2/h7-8,11-12,19-20H,3-6,9-10,13-14H2,1-2H3. The van der Waals surface area contributed by atoms with Gasteiger partial charge >= 0.3 is 0 Å². The van der Waals surface area contributed by atoms with E-state index in [4.69, 9.17) is 0 Å². The summed E-state index contributed by atoms with van der Waals surface area (Å²) in [5.74, 6) is 0. The van der Waals surface area contributed by atoms with Crippen LogP contribution in [0, 0.1) is 0 Å². The van der Waals surface area contributed by atoms with Gasteiger partial charge in [0, 0.05) is 0 Å². The Morgan fingerprint density at radius 3 is 1.75 bits per heavy atom. The average Bonchev–Trinajstić information content (AvgIpc) is 3.10. The molecule has 0 aromatic rings. The maximum absolute atomic E-state index is 10.8. The molecule has 2 aliphatic rings. The Bertz CT molecular complexity index is 406. The smallest absolute Gasteiger partial charge is 0.0978 e. The predicted octanol–water partition coefficient (Wildman–Crippen LogP) is 5.24. The monoisotopic (exact) mass is 272 g/mol. The first kappa shape index (κ1) is 15.3. The Morgan fingerprint density at radius 1 is 0.900 bits per heavy atom. The zero-order valence-electron chi connectivity index (χ0n) is 13.0. The molecule has 1 nitrogen and oxygen atoms in total. The summed E-state index contributed by atoms with van der Waals surface area (Å²) in [5, 5.41) is 10.8. The molecule has 1 N–H and O–H groups in total. The number of hydrogen-bond acceptors (Lipinski definition) is 1. The van der Waals surface area contributed by atoms with E-state index >= 15 is 0 Å². The van der Waals surface area contributed by atoms with Gasteiger partial charge in [-0.2, -0.15) is 0 Å². The highest BCUT2D eigenvalue weighted by atomic mass is 16.3. The van der Waals surface area contributed by atoms with Gasteiger partial charge in [-0.1, -0.05) is 51.0 Å². The molecule has 0 radical (unpaired) electrons. The van der Waals surface area contributed by atoms with Gasteiger partial charge in [-0.25, -0.2) is 0 Å². The molecule has 0 atom stereocenters. The molecule has 0 heterocycles. The summed E-state index contributed by atoms with van der Waals surface area (Å²) >= 11 is 0. The lowest BCUT2D eigenvalue weighted by molar-refractivity contribution is 0.240. The zero-order valence-corrected chi connectivity index (χ0v) is 13.0. The van der Waals surface area contributed by atoms with Gasteiger partial charge in [0.05, 0.1) is 6.10 Å². The maximum atomic E-state index is 10.8. The summed E-state index contributed by atoms with van der Waals surface area (Å²) in [6.07, 6.45) is 17.5. The highest BCUT2D eigenvalue weighted by Gasteiger charge is 2.23. The summed E-state index contributed by atoms with van der Waals surface area (Å²) in [6, 6.07) is 0. The van der Waals surface area contributed by atoms with E-state index in [2.05, 4.69) is 38.2 Å². The van der Waals surface area contributed by atoms with E-state index in [0.29, 0.717) is 0 Å². The molecular weight excluding hydrogens is 244 g/mol. The van der Waals surface area contributed by atoms with Gasteiger partial charge in [-0.15, -0.1) is 0 Å². The van der Waals surface area contributed by atoms with Crippen LogP contribution in [0.2, 0.25) is 0 Å². The third-order valence-corrected chi connectivity index (χ3v) is 4.40. The van der Waals surface area contributed by atoms with Crippen LogP contribution in [-0.2, 0) is 0 Å². The second-order valence-corrected chi connectivity index (χ2v) is 5.92. The topological polar surface area (TPSA) is 20.2 Å². The third kappa shape index (κ3) is 3.52. The molecule has 0 amide bonds. The molecule has 0 aromatic carbocycles. The Hall–Kier alpha value is -1.08. The Labute approximate surface area is 123 Å². The van der Waals surface area contributed by atoms with Crippen molar-refractivity contribution in [3.05, 3.63) is 46.6 Å². The van der Waals surface area contributed by atoms with E-state index in [1.807, 2.05) is 0 Å². The van der Waals surface area contributed by atoms with E-state index < -0.39 is 0 Å². The van der Waals surface area contributed by atoms with Crippen LogP contribution >= 0.6 is 0 Å². The number of aliphatic hydroxyl groups excluding tert-OH is 1. The van der Waals surface area contributed by atoms with Gasteiger partial charge in [-0.05, 0) is 60.8 Å². The fourth-order valence-corrected chi connectivity index (χ4v) is 3.14. The Kier molecular flexibility index (Phi) is 5.85. The minimum absolute atomic E-state index is 0.348. The molecule has 0 aromatic heterocycles. The summed E-state index contributed by atoms with van der Waals surface area (Å²) in [7, 11) is 0. The van der Waals surface area contributed by atoms with Crippen molar-refractivity contribution >= 4 is 0 Å². The largest absolute Gasteiger partial charge is 0.384 e. The van der Waals surface area contributed by atoms with Crippen LogP contribution in [0.3, 0.4) is 0 Å². The van der Waals surface area contributed by atoms with Crippen LogP contribution in [0.1, 0.15) is 65.2 Å². The summed E-state index contributed by atoms with van der Waals surface area (Å²) in [4.78, 5) is 0. The van der Waals surface area contributed by atoms with Gasteiger partial charge in [0.1, 0.15) is 0 Å². The van der Waals surface area contributed by atoms with Crippen molar-refractivity contribution in [3.8, 4) is 0 Å². The SMILES string of the molecule is CCCCC1=C(C(O)C2=C(CCCC)C=CC2)CC=C1. The van der Waals surface area contributed by atoms with Crippen molar-refractivity contribution in [1.82, 2.24) is 0 Å². The number of unbranched alkanes of at least 4 members (excludes halogenated alkanes) is 2. The van der Waals surface area contributed by atoms with Crippen molar-refractivity contribution in [2.24, 2.45) is 0 Å². The van der Waals surface area contributed by atoms with Crippen LogP contribution < -0.4 is 0 Å². The van der Waals surface area contributed by atoms with Crippen molar-refractivity contribution in [2.75, 3.05) is 0 Å². The molecule has 0 saturated heterocycles. The van der Waals surface area contributed by atoms with Gasteiger partial charge in [0.25, 0.3) is 0 Å². The molecule has 2 rings (SSSR count). The molecular formula is C19H28O. The van der Waals surface area contributed by atoms with Crippen LogP contribution in [0.25, 0.3) is 0 Å². The predicted molar refractivity (Wildman–Crippen MR) is 86.6 cm³/mol. The molecule has 0 spiro atoms. The van der Waals surface area contributed by atoms with E-state index in [1.165, 1.54) is 48.0 Å². The van der Waals surface area contributed by atoms with E-state index in [1.54, 1.807) is 0 Å². The maximum Gasteiger partial charge on any atom is 0.0978 e. The van der Waals surface area contributed by atoms with Gasteiger partial charge in [-0.3, -0.25) is 0 Å². The highest BCUT2D eigenvalue weighted by molar-refractivity contribution is 5.45. The fourth-order valence-electron chi connectivity index (χ4n) is 3.14. The minimum atomic E-state index is -0.348. The lowest BCUT2D eigenvalue weighted by Crippen LogP contribution is -2.14. The molecule has 1 heteroatoms. The third-order valence-electron chi connectivity index (χ3n) is 4.40. The van der Waals surface area contributed by atoms with Crippen LogP contribution in [0.5, 0.6) is 0 Å². The van der Waals surface area contributed by atoms with E-state index in [-0.39, 0.29) is 6.10 Å². The highest BCUT2D eigenvalue weighted by Crippen LogP contribution is 2.34. The molecule has 2 aliphatic carbocycles. The lowest BCUT2D eigenvalue weighted by atomic mass is 9.92. The first-order valence-electron chi connectivity index (χ1n) is 8.22. The summed E-state index contributed by atoms with van der Waals surface area (Å²) in [6.45, 7) is 4.45. The average molecular weight is 272 g/mol. The molecule has 0 bridgehead atoms. The lowest BCUT2D eigenvalue weighted by Gasteiger charge is -2.18. The zero-order chi connectivity index (χ0) is 14.4. The number of allylic oxidation sites excluding steroid dienone is 6. The molecule has 0 saturated carbocycles. The molecule has 0 aliphatic heterocycles. The number of aliphatic hydroxyl groups is 1. The van der Waals surface area contributed by atoms with Gasteiger partial charge in [0.15, 0.2) is 0 Å². The van der Waals surface area contributed by atoms with E-state index in [9.17, 15) is 5.11 Å². The first-order chi connectivity index (χ1) is 9.77. The van der Waals surface area contributed by atoms with Crippen molar-refractivity contribution in [1.29, 1.82) is 0 Å². The van der Waals surface area contributed by atoms with Gasteiger partial charge in [0.2, 0.25) is 0 Å². The quantitative estimate of drug-likeness (QED) is 0.640. The second-order valence-electron chi connectivity index (χ2n) is 5.92. The Morgan fingerprint density at radius 2 is 1.35 bits per heavy atom. The Balaban J connectivity index is 2.11. The van der Waals surface area contributed by atoms with Crippen LogP contribution in [-0.4, -0.2) is 11.2 Å². The molecule has 0 fully saturated rings. The molecule has 0 unspecified atom stereocenters. The summed E-state index contributed by atoms with van der Waals surface area (Å²) in [5.41, 5.74) is 5.28. The molecule has 110 valence electrons. The normalized spacial score (nSPS) is 18.2. The fraction of sp³-hybridized carbons (Fsp3) is 0.579. The second kappa shape index (κ2) is 7.64.